The van der Waals surface area contributed by atoms with Crippen LogP contribution in [0.15, 0.2) is 12.1 Å². The van der Waals surface area contributed by atoms with E-state index in [1.807, 2.05) is 0 Å². The number of rotatable bonds is 3. The van der Waals surface area contributed by atoms with Crippen molar-refractivity contribution in [2.45, 2.75) is 39.7 Å². The molecule has 1 N–H and O–H groups in total. The van der Waals surface area contributed by atoms with Crippen molar-refractivity contribution in [1.29, 1.82) is 0 Å². The van der Waals surface area contributed by atoms with Gasteiger partial charge in [0.05, 0.1) is 6.04 Å². The zero-order valence-corrected chi connectivity index (χ0v) is 12.7. The van der Waals surface area contributed by atoms with Crippen molar-refractivity contribution in [2.75, 3.05) is 19.6 Å². The molecule has 0 spiro atoms. The molecular weight excluding hydrogens is 248 g/mol. The number of piperazine rings is 1. The fourth-order valence-corrected chi connectivity index (χ4v) is 3.49. The van der Waals surface area contributed by atoms with Crippen molar-refractivity contribution >= 4 is 5.91 Å². The summed E-state index contributed by atoms with van der Waals surface area (Å²) >= 11 is 0. The first-order valence-electron chi connectivity index (χ1n) is 7.79. The first-order valence-corrected chi connectivity index (χ1v) is 7.79. The average Bonchev–Trinajstić information content (AvgIpc) is 2.72. The molecule has 1 aromatic rings. The first-order chi connectivity index (χ1) is 9.61. The summed E-state index contributed by atoms with van der Waals surface area (Å²) in [5.41, 5.74) is 4.88. The molecule has 0 radical (unpaired) electrons. The van der Waals surface area contributed by atoms with Gasteiger partial charge in [0.1, 0.15) is 0 Å². The van der Waals surface area contributed by atoms with Crippen molar-refractivity contribution < 1.29 is 4.79 Å². The lowest BCUT2D eigenvalue weighted by atomic mass is 9.90. The van der Waals surface area contributed by atoms with Gasteiger partial charge in [0.25, 0.3) is 5.91 Å². The number of carbonyl (C=O) groups is 1. The lowest BCUT2D eigenvalue weighted by molar-refractivity contribution is 0.0690. The van der Waals surface area contributed by atoms with Crippen molar-refractivity contribution in [3.05, 3.63) is 34.4 Å². The fourth-order valence-electron chi connectivity index (χ4n) is 3.49. The van der Waals surface area contributed by atoms with Gasteiger partial charge in [-0.2, -0.15) is 0 Å². The maximum Gasteiger partial charge on any atom is 0.255 e. The molecular formula is C17H24N2O. The van der Waals surface area contributed by atoms with Crippen LogP contribution in [0.5, 0.6) is 0 Å². The number of benzene rings is 1. The molecule has 108 valence electrons. The van der Waals surface area contributed by atoms with Gasteiger partial charge in [0.2, 0.25) is 0 Å². The third-order valence-electron chi connectivity index (χ3n) is 4.42. The summed E-state index contributed by atoms with van der Waals surface area (Å²) in [6.07, 6.45) is 2.03. The van der Waals surface area contributed by atoms with Gasteiger partial charge in [-0.3, -0.25) is 4.79 Å². The van der Waals surface area contributed by atoms with E-state index in [1.54, 1.807) is 0 Å². The highest BCUT2D eigenvalue weighted by Crippen LogP contribution is 2.37. The second-order valence-corrected chi connectivity index (χ2v) is 6.39. The van der Waals surface area contributed by atoms with Crippen LogP contribution in [0.1, 0.15) is 53.9 Å². The molecule has 1 aromatic carbocycles. The quantitative estimate of drug-likeness (QED) is 0.917. The van der Waals surface area contributed by atoms with E-state index in [0.29, 0.717) is 5.92 Å². The molecule has 1 amide bonds. The second kappa shape index (κ2) is 5.21. The number of amides is 1. The maximum absolute atomic E-state index is 12.7. The average molecular weight is 272 g/mol. The van der Waals surface area contributed by atoms with Crippen LogP contribution < -0.4 is 5.32 Å². The maximum atomic E-state index is 12.7. The number of fused-ring (bicyclic) bond motifs is 3. The Hall–Kier alpha value is -1.35. The number of carbonyl (C=O) groups excluding carboxylic acids is 1. The van der Waals surface area contributed by atoms with E-state index in [9.17, 15) is 4.79 Å². The Bertz CT molecular complexity index is 536. The largest absolute Gasteiger partial charge is 0.329 e. The predicted octanol–water partition coefficient (Wildman–Crippen LogP) is 2.55. The molecule has 0 bridgehead atoms. The normalized spacial score (nSPS) is 21.3. The summed E-state index contributed by atoms with van der Waals surface area (Å²) in [5.74, 6) is 0.833. The van der Waals surface area contributed by atoms with E-state index in [4.69, 9.17) is 0 Å². The SMILES string of the molecule is CCc1cc(CC(C)C)c2c(c1)[C@H]1CNCCN1C2=O. The van der Waals surface area contributed by atoms with Crippen LogP contribution in [0.4, 0.5) is 0 Å². The smallest absolute Gasteiger partial charge is 0.255 e. The minimum absolute atomic E-state index is 0.253. The summed E-state index contributed by atoms with van der Waals surface area (Å²) in [5, 5.41) is 3.42. The number of aryl methyl sites for hydroxylation is 1. The highest BCUT2D eigenvalue weighted by Gasteiger charge is 2.39. The van der Waals surface area contributed by atoms with E-state index in [-0.39, 0.29) is 11.9 Å². The molecule has 3 rings (SSSR count). The molecule has 2 aliphatic rings. The topological polar surface area (TPSA) is 32.3 Å². The first kappa shape index (κ1) is 13.6. The number of nitrogens with one attached hydrogen (secondary N) is 1. The predicted molar refractivity (Wildman–Crippen MR) is 81.0 cm³/mol. The summed E-state index contributed by atoms with van der Waals surface area (Å²) in [4.78, 5) is 14.8. The van der Waals surface area contributed by atoms with Gasteiger partial charge in [0, 0.05) is 25.2 Å². The van der Waals surface area contributed by atoms with Crippen molar-refractivity contribution in [2.24, 2.45) is 5.92 Å². The van der Waals surface area contributed by atoms with Crippen LogP contribution in [0.2, 0.25) is 0 Å². The molecule has 2 heterocycles. The Morgan fingerprint density at radius 3 is 2.90 bits per heavy atom. The van der Waals surface area contributed by atoms with Crippen LogP contribution in [0.3, 0.4) is 0 Å². The minimum Gasteiger partial charge on any atom is -0.329 e. The number of hydrogen-bond acceptors (Lipinski definition) is 2. The highest BCUT2D eigenvalue weighted by atomic mass is 16.2. The van der Waals surface area contributed by atoms with Crippen LogP contribution in [-0.2, 0) is 12.8 Å². The third kappa shape index (κ3) is 2.14. The van der Waals surface area contributed by atoms with Crippen LogP contribution >= 0.6 is 0 Å². The lowest BCUT2D eigenvalue weighted by Crippen LogP contribution is -2.44. The Morgan fingerprint density at radius 2 is 2.20 bits per heavy atom. The van der Waals surface area contributed by atoms with Crippen molar-refractivity contribution in [1.82, 2.24) is 10.2 Å². The zero-order chi connectivity index (χ0) is 14.3. The van der Waals surface area contributed by atoms with Crippen LogP contribution in [-0.4, -0.2) is 30.4 Å². The van der Waals surface area contributed by atoms with Crippen LogP contribution in [0, 0.1) is 5.92 Å². The molecule has 0 unspecified atom stereocenters. The molecule has 20 heavy (non-hydrogen) atoms. The summed E-state index contributed by atoms with van der Waals surface area (Å²) in [7, 11) is 0. The number of nitrogens with zero attached hydrogens (tertiary/aromatic N) is 1. The van der Waals surface area contributed by atoms with E-state index in [2.05, 4.69) is 43.1 Å². The van der Waals surface area contributed by atoms with E-state index < -0.39 is 0 Å². The minimum atomic E-state index is 0.253. The molecule has 1 fully saturated rings. The molecule has 3 heteroatoms. The summed E-state index contributed by atoms with van der Waals surface area (Å²) in [6, 6.07) is 4.76. The van der Waals surface area contributed by atoms with Gasteiger partial charge in [0.15, 0.2) is 0 Å². The molecule has 1 saturated heterocycles. The molecule has 2 aliphatic heterocycles. The highest BCUT2D eigenvalue weighted by molar-refractivity contribution is 6.01. The molecule has 0 aromatic heterocycles. The van der Waals surface area contributed by atoms with Crippen LogP contribution in [0.25, 0.3) is 0 Å². The standard InChI is InChI=1S/C17H24N2O/c1-4-12-8-13(7-11(2)3)16-14(9-12)15-10-18-5-6-19(15)17(16)20/h8-9,11,15,18H,4-7,10H2,1-3H3/t15-/m1/s1. The van der Waals surface area contributed by atoms with Gasteiger partial charge < -0.3 is 10.2 Å². The van der Waals surface area contributed by atoms with E-state index in [1.165, 1.54) is 16.7 Å². The third-order valence-corrected chi connectivity index (χ3v) is 4.42. The van der Waals surface area contributed by atoms with Gasteiger partial charge in [-0.05, 0) is 35.4 Å². The van der Waals surface area contributed by atoms with Gasteiger partial charge in [-0.1, -0.05) is 32.9 Å². The van der Waals surface area contributed by atoms with Gasteiger partial charge in [-0.15, -0.1) is 0 Å². The van der Waals surface area contributed by atoms with Crippen molar-refractivity contribution in [3.63, 3.8) is 0 Å². The summed E-state index contributed by atoms with van der Waals surface area (Å²) in [6.45, 7) is 9.28. The van der Waals surface area contributed by atoms with E-state index in [0.717, 1.165) is 38.0 Å². The second-order valence-electron chi connectivity index (χ2n) is 6.39. The Balaban J connectivity index is 2.10. The fraction of sp³-hybridized carbons (Fsp3) is 0.588. The zero-order valence-electron chi connectivity index (χ0n) is 12.7. The Morgan fingerprint density at radius 1 is 1.40 bits per heavy atom. The van der Waals surface area contributed by atoms with E-state index >= 15 is 0 Å². The Kier molecular flexibility index (Phi) is 3.55. The van der Waals surface area contributed by atoms with Crippen molar-refractivity contribution in [3.8, 4) is 0 Å². The number of hydrogen-bond donors (Lipinski definition) is 1. The Labute approximate surface area is 121 Å². The molecule has 3 nitrogen and oxygen atoms in total. The molecule has 0 saturated carbocycles. The van der Waals surface area contributed by atoms with Gasteiger partial charge in [-0.25, -0.2) is 0 Å². The monoisotopic (exact) mass is 272 g/mol. The lowest BCUT2D eigenvalue weighted by Gasteiger charge is -2.30. The molecule has 0 aliphatic carbocycles. The summed E-state index contributed by atoms with van der Waals surface area (Å²) < 4.78 is 0. The molecule has 1 atom stereocenters. The van der Waals surface area contributed by atoms with Gasteiger partial charge >= 0.3 is 0 Å².